The third kappa shape index (κ3) is 2.96. The number of ether oxygens (including phenoxy) is 1. The molecule has 2 atom stereocenters. The number of rotatable bonds is 4. The molecule has 20 heavy (non-hydrogen) atoms. The van der Waals surface area contributed by atoms with Crippen molar-refractivity contribution in [2.24, 2.45) is 0 Å². The Morgan fingerprint density at radius 1 is 1.55 bits per heavy atom. The summed E-state index contributed by atoms with van der Waals surface area (Å²) in [6, 6.07) is 8.46. The Balaban J connectivity index is 2.26. The van der Waals surface area contributed by atoms with Crippen LogP contribution in [0.15, 0.2) is 24.3 Å². The Morgan fingerprint density at radius 2 is 2.30 bits per heavy atom. The zero-order chi connectivity index (χ0) is 14.8. The fraction of sp³-hybridized carbons (Fsp3) is 0.562. The molecule has 1 aliphatic rings. The number of anilines is 1. The maximum Gasteiger partial charge on any atom is 0.333 e. The van der Waals surface area contributed by atoms with E-state index in [1.807, 2.05) is 39.1 Å². The Hall–Kier alpha value is -1.55. The number of aryl methyl sites for hydroxylation is 1. The molecular formula is C16H24N2O2. The third-order valence-corrected chi connectivity index (χ3v) is 3.98. The summed E-state index contributed by atoms with van der Waals surface area (Å²) in [5.74, 6) is -0.155. The lowest BCUT2D eigenvalue weighted by atomic mass is 9.95. The van der Waals surface area contributed by atoms with E-state index >= 15 is 0 Å². The van der Waals surface area contributed by atoms with Gasteiger partial charge in [-0.25, -0.2) is 4.79 Å². The van der Waals surface area contributed by atoms with Gasteiger partial charge < -0.3 is 15.0 Å². The number of likely N-dealkylation sites (N-methyl/N-ethyl adjacent to an activating group) is 1. The number of hydrogen-bond donors (Lipinski definition) is 1. The molecule has 1 fully saturated rings. The average molecular weight is 276 g/mol. The van der Waals surface area contributed by atoms with Gasteiger partial charge in [0.2, 0.25) is 0 Å². The van der Waals surface area contributed by atoms with Crippen molar-refractivity contribution in [3.8, 4) is 0 Å². The second-order valence-corrected chi connectivity index (χ2v) is 5.77. The van der Waals surface area contributed by atoms with E-state index in [1.165, 1.54) is 5.56 Å². The molecule has 1 heterocycles. The number of benzene rings is 1. The summed E-state index contributed by atoms with van der Waals surface area (Å²) in [6.07, 6.45) is 0.760. The van der Waals surface area contributed by atoms with Crippen LogP contribution in [0.2, 0.25) is 0 Å². The molecule has 2 rings (SSSR count). The molecular weight excluding hydrogens is 252 g/mol. The lowest BCUT2D eigenvalue weighted by Gasteiger charge is -2.29. The minimum absolute atomic E-state index is 0.155. The van der Waals surface area contributed by atoms with E-state index in [0.29, 0.717) is 19.2 Å². The van der Waals surface area contributed by atoms with Gasteiger partial charge in [-0.05, 0) is 51.9 Å². The van der Waals surface area contributed by atoms with E-state index in [0.717, 1.165) is 12.1 Å². The van der Waals surface area contributed by atoms with Gasteiger partial charge in [0.25, 0.3) is 0 Å². The van der Waals surface area contributed by atoms with Gasteiger partial charge in [0.05, 0.1) is 6.61 Å². The Bertz CT molecular complexity index is 477. The van der Waals surface area contributed by atoms with Crippen LogP contribution in [0, 0.1) is 6.92 Å². The van der Waals surface area contributed by atoms with Crippen molar-refractivity contribution in [1.82, 2.24) is 4.90 Å². The number of likely N-dealkylation sites (tertiary alicyclic amines) is 1. The Labute approximate surface area is 121 Å². The van der Waals surface area contributed by atoms with E-state index < -0.39 is 5.54 Å². The second kappa shape index (κ2) is 5.83. The Kier molecular flexibility index (Phi) is 4.33. The summed E-state index contributed by atoms with van der Waals surface area (Å²) < 4.78 is 5.30. The number of hydrogen-bond acceptors (Lipinski definition) is 4. The van der Waals surface area contributed by atoms with Crippen molar-refractivity contribution in [3.63, 3.8) is 0 Å². The predicted molar refractivity (Wildman–Crippen MR) is 80.9 cm³/mol. The topological polar surface area (TPSA) is 41.6 Å². The van der Waals surface area contributed by atoms with E-state index in [9.17, 15) is 4.79 Å². The number of nitrogens with zero attached hydrogens (tertiary/aromatic N) is 1. The summed E-state index contributed by atoms with van der Waals surface area (Å²) in [7, 11) is 2.05. The fourth-order valence-electron chi connectivity index (χ4n) is 2.86. The number of carbonyl (C=O) groups excluding carboxylic acids is 1. The third-order valence-electron chi connectivity index (χ3n) is 3.98. The molecule has 1 aromatic rings. The number of carbonyl (C=O) groups is 1. The van der Waals surface area contributed by atoms with Crippen molar-refractivity contribution in [3.05, 3.63) is 29.8 Å². The van der Waals surface area contributed by atoms with Gasteiger partial charge >= 0.3 is 5.97 Å². The van der Waals surface area contributed by atoms with Gasteiger partial charge in [-0.3, -0.25) is 0 Å². The second-order valence-electron chi connectivity index (χ2n) is 5.77. The van der Waals surface area contributed by atoms with Crippen LogP contribution in [0.5, 0.6) is 0 Å². The molecule has 2 unspecified atom stereocenters. The quantitative estimate of drug-likeness (QED) is 0.858. The maximum atomic E-state index is 12.4. The first-order valence-corrected chi connectivity index (χ1v) is 7.19. The highest BCUT2D eigenvalue weighted by Gasteiger charge is 2.48. The zero-order valence-corrected chi connectivity index (χ0v) is 12.8. The lowest BCUT2D eigenvalue weighted by Crippen LogP contribution is -2.49. The highest BCUT2D eigenvalue weighted by Crippen LogP contribution is 2.31. The van der Waals surface area contributed by atoms with E-state index in [2.05, 4.69) is 23.2 Å². The first kappa shape index (κ1) is 14.9. The molecule has 0 bridgehead atoms. The predicted octanol–water partition coefficient (Wildman–Crippen LogP) is 2.43. The maximum absolute atomic E-state index is 12.4. The van der Waals surface area contributed by atoms with Crippen LogP contribution in [0.25, 0.3) is 0 Å². The number of esters is 1. The van der Waals surface area contributed by atoms with Crippen LogP contribution in [-0.2, 0) is 9.53 Å². The zero-order valence-electron chi connectivity index (χ0n) is 12.8. The largest absolute Gasteiger partial charge is 0.464 e. The van der Waals surface area contributed by atoms with Crippen LogP contribution in [0.1, 0.15) is 25.8 Å². The van der Waals surface area contributed by atoms with Gasteiger partial charge in [0.1, 0.15) is 5.54 Å². The molecule has 1 aliphatic heterocycles. The summed E-state index contributed by atoms with van der Waals surface area (Å²) >= 11 is 0. The van der Waals surface area contributed by atoms with Crippen LogP contribution in [-0.4, -0.2) is 42.6 Å². The molecule has 0 radical (unpaired) electrons. The van der Waals surface area contributed by atoms with Crippen LogP contribution >= 0.6 is 0 Å². The summed E-state index contributed by atoms with van der Waals surface area (Å²) in [6.45, 7) is 7.11. The van der Waals surface area contributed by atoms with Gasteiger partial charge in [-0.2, -0.15) is 0 Å². The van der Waals surface area contributed by atoms with Gasteiger partial charge in [0.15, 0.2) is 0 Å². The van der Waals surface area contributed by atoms with Crippen LogP contribution < -0.4 is 5.32 Å². The van der Waals surface area contributed by atoms with E-state index in [1.54, 1.807) is 0 Å². The molecule has 0 saturated carbocycles. The van der Waals surface area contributed by atoms with E-state index in [-0.39, 0.29) is 5.97 Å². The summed E-state index contributed by atoms with van der Waals surface area (Å²) in [5, 5.41) is 3.42. The normalized spacial score (nSPS) is 26.5. The molecule has 1 aromatic carbocycles. The SMILES string of the molecule is CCOC(=O)C1(Nc2cccc(C)c2)CC(C)N(C)C1. The highest BCUT2D eigenvalue weighted by atomic mass is 16.5. The van der Waals surface area contributed by atoms with Gasteiger partial charge in [0, 0.05) is 18.3 Å². The minimum atomic E-state index is -0.641. The molecule has 1 N–H and O–H groups in total. The smallest absolute Gasteiger partial charge is 0.333 e. The van der Waals surface area contributed by atoms with Gasteiger partial charge in [-0.15, -0.1) is 0 Å². The molecule has 0 spiro atoms. The molecule has 1 saturated heterocycles. The van der Waals surface area contributed by atoms with E-state index in [4.69, 9.17) is 4.74 Å². The lowest BCUT2D eigenvalue weighted by molar-refractivity contribution is -0.148. The monoisotopic (exact) mass is 276 g/mol. The summed E-state index contributed by atoms with van der Waals surface area (Å²) in [5.41, 5.74) is 1.51. The molecule has 0 aromatic heterocycles. The minimum Gasteiger partial charge on any atom is -0.464 e. The van der Waals surface area contributed by atoms with Crippen LogP contribution in [0.3, 0.4) is 0 Å². The molecule has 4 heteroatoms. The van der Waals surface area contributed by atoms with Crippen molar-refractivity contribution in [1.29, 1.82) is 0 Å². The fourth-order valence-corrected chi connectivity index (χ4v) is 2.86. The number of nitrogens with one attached hydrogen (secondary N) is 1. The average Bonchev–Trinajstić information content (AvgIpc) is 2.66. The highest BCUT2D eigenvalue weighted by molar-refractivity contribution is 5.85. The molecule has 4 nitrogen and oxygen atoms in total. The molecule has 0 aliphatic carbocycles. The van der Waals surface area contributed by atoms with Gasteiger partial charge in [-0.1, -0.05) is 12.1 Å². The van der Waals surface area contributed by atoms with Crippen molar-refractivity contribution in [2.75, 3.05) is 25.5 Å². The van der Waals surface area contributed by atoms with Crippen molar-refractivity contribution >= 4 is 11.7 Å². The van der Waals surface area contributed by atoms with Crippen molar-refractivity contribution < 1.29 is 9.53 Å². The first-order valence-electron chi connectivity index (χ1n) is 7.19. The first-order chi connectivity index (χ1) is 9.47. The molecule has 110 valence electrons. The van der Waals surface area contributed by atoms with Crippen molar-refractivity contribution in [2.45, 2.75) is 38.8 Å². The standard InChI is InChI=1S/C16H24N2O2/c1-5-20-15(19)16(10-13(3)18(4)11-16)17-14-8-6-7-12(2)9-14/h6-9,13,17H,5,10-11H2,1-4H3. The Morgan fingerprint density at radius 3 is 2.85 bits per heavy atom. The summed E-state index contributed by atoms with van der Waals surface area (Å²) in [4.78, 5) is 14.6. The molecule has 0 amide bonds. The van der Waals surface area contributed by atoms with Crippen LogP contribution in [0.4, 0.5) is 5.69 Å².